The molecule has 0 fully saturated rings. The maximum Gasteiger partial charge on any atom is 0.269 e. The van der Waals surface area contributed by atoms with Crippen LogP contribution in [0.1, 0.15) is 32.0 Å². The van der Waals surface area contributed by atoms with Crippen LogP contribution in [0.25, 0.3) is 43.7 Å². The fourth-order valence-electron chi connectivity index (χ4n) is 5.47. The molecule has 0 spiro atoms. The Balaban J connectivity index is 1.74. The number of aromatic nitrogens is 3. The van der Waals surface area contributed by atoms with Crippen molar-refractivity contribution in [3.8, 4) is 0 Å². The van der Waals surface area contributed by atoms with Crippen molar-refractivity contribution in [2.75, 3.05) is 0 Å². The Bertz CT molecular complexity index is 2120. The summed E-state index contributed by atoms with van der Waals surface area (Å²) < 4.78 is 28.6. The van der Waals surface area contributed by atoms with Gasteiger partial charge < -0.3 is 0 Å². The van der Waals surface area contributed by atoms with Gasteiger partial charge in [0.2, 0.25) is 5.78 Å². The lowest BCUT2D eigenvalue weighted by molar-refractivity contribution is 0.0977. The second-order valence-electron chi connectivity index (χ2n) is 8.51. The van der Waals surface area contributed by atoms with Gasteiger partial charge in [0.1, 0.15) is 11.2 Å². The van der Waals surface area contributed by atoms with E-state index in [0.29, 0.717) is 43.7 Å². The average molecular weight is 461 g/mol. The standard InChI is InChI=1S/C26H11N3O4S/c30-25-12-6-1-2-7-13(12)26(31)24-20(25)19-22-21(27-15-9-3-4-10-16(15)28-22)14-8-5-11-17-18(14)23(19)29(24)34(17,32)33/h1-11H. The SMILES string of the molecule is O=C1c2ccccc2C(=O)c2c1c1c3nc4ccccc4nc3c3cccc4c3c1n2S4(=O)=O. The highest BCUT2D eigenvalue weighted by atomic mass is 32.2. The average Bonchev–Trinajstić information content (AvgIpc) is 3.34. The van der Waals surface area contributed by atoms with Gasteiger partial charge in [-0.25, -0.2) is 22.4 Å². The number of carbonyl (C=O) groups is 2. The van der Waals surface area contributed by atoms with Crippen LogP contribution >= 0.6 is 0 Å². The molecule has 0 radical (unpaired) electrons. The topological polar surface area (TPSA) is 99.0 Å². The van der Waals surface area contributed by atoms with Crippen molar-refractivity contribution in [3.63, 3.8) is 0 Å². The molecule has 2 aliphatic rings. The third-order valence-electron chi connectivity index (χ3n) is 6.83. The Labute approximate surface area is 191 Å². The molecule has 0 saturated heterocycles. The minimum Gasteiger partial charge on any atom is -0.288 e. The summed E-state index contributed by atoms with van der Waals surface area (Å²) in [5.74, 6) is -0.882. The zero-order chi connectivity index (χ0) is 22.9. The highest BCUT2D eigenvalue weighted by Crippen LogP contribution is 2.48. The van der Waals surface area contributed by atoms with Crippen molar-refractivity contribution in [2.45, 2.75) is 4.90 Å². The van der Waals surface area contributed by atoms with E-state index >= 15 is 0 Å². The van der Waals surface area contributed by atoms with E-state index in [4.69, 9.17) is 9.97 Å². The van der Waals surface area contributed by atoms with Crippen LogP contribution in [-0.2, 0) is 10.0 Å². The lowest BCUT2D eigenvalue weighted by Gasteiger charge is -2.17. The highest BCUT2D eigenvalue weighted by Gasteiger charge is 2.44. The van der Waals surface area contributed by atoms with E-state index < -0.39 is 15.8 Å². The molecule has 0 amide bonds. The molecule has 0 unspecified atom stereocenters. The number of fused-ring (bicyclic) bond motifs is 8. The maximum absolute atomic E-state index is 13.7. The highest BCUT2D eigenvalue weighted by molar-refractivity contribution is 7.90. The normalized spacial score (nSPS) is 15.6. The van der Waals surface area contributed by atoms with Gasteiger partial charge >= 0.3 is 0 Å². The Morgan fingerprint density at radius 3 is 2.06 bits per heavy atom. The summed E-state index contributed by atoms with van der Waals surface area (Å²) >= 11 is 0. The third kappa shape index (κ3) is 1.81. The zero-order valence-electron chi connectivity index (χ0n) is 17.2. The fourth-order valence-corrected chi connectivity index (χ4v) is 7.21. The minimum atomic E-state index is -4.10. The van der Waals surface area contributed by atoms with Crippen LogP contribution in [0.3, 0.4) is 0 Å². The molecular formula is C26H11N3O4S. The number of nitrogens with zero attached hydrogens (tertiary/aromatic N) is 3. The quantitative estimate of drug-likeness (QED) is 0.248. The number of hydrogen-bond donors (Lipinski definition) is 0. The van der Waals surface area contributed by atoms with Gasteiger partial charge in [0.15, 0.2) is 5.78 Å². The monoisotopic (exact) mass is 461 g/mol. The summed E-state index contributed by atoms with van der Waals surface area (Å²) in [6.45, 7) is 0. The smallest absolute Gasteiger partial charge is 0.269 e. The van der Waals surface area contributed by atoms with Gasteiger partial charge in [-0.05, 0) is 18.2 Å². The third-order valence-corrected chi connectivity index (χ3v) is 8.57. The largest absolute Gasteiger partial charge is 0.288 e. The first-order chi connectivity index (χ1) is 16.5. The minimum absolute atomic E-state index is 0.0771. The van der Waals surface area contributed by atoms with E-state index in [0.717, 1.165) is 3.97 Å². The predicted octanol–water partition coefficient (Wildman–Crippen LogP) is 4.22. The summed E-state index contributed by atoms with van der Waals surface area (Å²) in [5, 5.41) is 1.44. The Hall–Kier alpha value is -4.43. The van der Waals surface area contributed by atoms with Crippen LogP contribution in [0.4, 0.5) is 0 Å². The van der Waals surface area contributed by atoms with E-state index in [2.05, 4.69) is 0 Å². The van der Waals surface area contributed by atoms with Crippen molar-refractivity contribution >= 4 is 65.3 Å². The molecular weight excluding hydrogens is 450 g/mol. The molecule has 160 valence electrons. The van der Waals surface area contributed by atoms with Gasteiger partial charge in [-0.15, -0.1) is 0 Å². The first kappa shape index (κ1) is 18.0. The second-order valence-corrected chi connectivity index (χ2v) is 10.3. The molecule has 1 aliphatic carbocycles. The van der Waals surface area contributed by atoms with Gasteiger partial charge in [-0.3, -0.25) is 9.59 Å². The number of ketones is 2. The van der Waals surface area contributed by atoms with Crippen molar-refractivity contribution in [1.29, 1.82) is 0 Å². The molecule has 7 nitrogen and oxygen atoms in total. The van der Waals surface area contributed by atoms with Crippen LogP contribution in [-0.4, -0.2) is 33.9 Å². The number of carbonyl (C=O) groups excluding carboxylic acids is 2. The van der Waals surface area contributed by atoms with Gasteiger partial charge in [0.25, 0.3) is 10.0 Å². The van der Waals surface area contributed by atoms with Crippen molar-refractivity contribution in [2.24, 2.45) is 0 Å². The van der Waals surface area contributed by atoms with E-state index in [1.807, 2.05) is 24.3 Å². The number of benzene rings is 4. The van der Waals surface area contributed by atoms with Crippen LogP contribution < -0.4 is 0 Å². The molecule has 34 heavy (non-hydrogen) atoms. The van der Waals surface area contributed by atoms with E-state index in [1.165, 1.54) is 6.07 Å². The first-order valence-corrected chi connectivity index (χ1v) is 12.1. The van der Waals surface area contributed by atoms with Crippen molar-refractivity contribution in [3.05, 3.63) is 89.1 Å². The molecule has 1 aliphatic heterocycles. The van der Waals surface area contributed by atoms with E-state index in [-0.39, 0.29) is 33.1 Å². The van der Waals surface area contributed by atoms with Crippen molar-refractivity contribution in [1.82, 2.24) is 13.9 Å². The van der Waals surface area contributed by atoms with Gasteiger partial charge in [-0.1, -0.05) is 48.5 Å². The second kappa shape index (κ2) is 5.55. The Morgan fingerprint density at radius 1 is 0.676 bits per heavy atom. The van der Waals surface area contributed by atoms with Gasteiger partial charge in [0.05, 0.1) is 32.5 Å². The molecule has 4 aromatic carbocycles. The summed E-state index contributed by atoms with van der Waals surface area (Å²) in [4.78, 5) is 37.1. The Morgan fingerprint density at radius 2 is 1.32 bits per heavy atom. The van der Waals surface area contributed by atoms with Crippen molar-refractivity contribution < 1.29 is 18.0 Å². The van der Waals surface area contributed by atoms with Crippen LogP contribution in [0.2, 0.25) is 0 Å². The predicted molar refractivity (Wildman–Crippen MR) is 126 cm³/mol. The number of rotatable bonds is 0. The maximum atomic E-state index is 13.7. The summed E-state index contributed by atoms with van der Waals surface area (Å²) in [6.07, 6.45) is 0. The van der Waals surface area contributed by atoms with Gasteiger partial charge in [-0.2, -0.15) is 0 Å². The lowest BCUT2D eigenvalue weighted by atomic mass is 9.86. The van der Waals surface area contributed by atoms with Gasteiger partial charge in [0, 0.05) is 27.3 Å². The molecule has 6 aromatic rings. The fraction of sp³-hybridized carbons (Fsp3) is 0. The summed E-state index contributed by atoms with van der Waals surface area (Å²) in [6, 6.07) is 18.9. The van der Waals surface area contributed by atoms with Crippen LogP contribution in [0.5, 0.6) is 0 Å². The molecule has 8 heteroatoms. The van der Waals surface area contributed by atoms with Crippen LogP contribution in [0, 0.1) is 0 Å². The summed E-state index contributed by atoms with van der Waals surface area (Å²) in [5.41, 5.74) is 2.91. The molecule has 3 heterocycles. The van der Waals surface area contributed by atoms with E-state index in [1.54, 1.807) is 36.4 Å². The van der Waals surface area contributed by atoms with Crippen LogP contribution in [0.15, 0.2) is 71.6 Å². The lowest BCUT2D eigenvalue weighted by Crippen LogP contribution is -2.25. The molecule has 0 N–H and O–H groups in total. The first-order valence-electron chi connectivity index (χ1n) is 10.6. The molecule has 8 rings (SSSR count). The number of hydrogen-bond acceptors (Lipinski definition) is 6. The Kier molecular flexibility index (Phi) is 2.94. The molecule has 0 bridgehead atoms. The molecule has 2 aromatic heterocycles. The van der Waals surface area contributed by atoms with E-state index in [9.17, 15) is 18.0 Å². The zero-order valence-corrected chi connectivity index (χ0v) is 18.1. The number of para-hydroxylation sites is 2. The molecule has 0 atom stereocenters. The summed E-state index contributed by atoms with van der Waals surface area (Å²) in [7, 11) is -4.10. The molecule has 0 saturated carbocycles.